The number of rotatable bonds is 2. The monoisotopic (exact) mass is 394 g/mol. The molecule has 0 amide bonds. The Balaban J connectivity index is 1.82. The Morgan fingerprint density at radius 2 is 2.14 bits per heavy atom. The fourth-order valence-corrected chi connectivity index (χ4v) is 5.52. The third-order valence-electron chi connectivity index (χ3n) is 4.17. The zero-order valence-corrected chi connectivity index (χ0v) is 15.2. The molecule has 22 heavy (non-hydrogen) atoms. The molecule has 1 aliphatic rings. The molecule has 0 aromatic carbocycles. The molecule has 6 heteroatoms. The molecule has 0 aliphatic heterocycles. The van der Waals surface area contributed by atoms with Crippen molar-refractivity contribution in [1.82, 2.24) is 9.55 Å². The summed E-state index contributed by atoms with van der Waals surface area (Å²) in [5, 5.41) is 2.95. The molecule has 4 rings (SSSR count). The molecule has 0 radical (unpaired) electrons. The summed E-state index contributed by atoms with van der Waals surface area (Å²) >= 11 is 6.83. The molecule has 0 saturated carbocycles. The van der Waals surface area contributed by atoms with Crippen LogP contribution in [0.15, 0.2) is 26.4 Å². The fraction of sp³-hybridized carbons (Fsp3) is 0.375. The first-order valence-electron chi connectivity index (χ1n) is 7.45. The van der Waals surface area contributed by atoms with E-state index in [1.807, 2.05) is 0 Å². The molecule has 3 nitrogen and oxygen atoms in total. The van der Waals surface area contributed by atoms with Crippen molar-refractivity contribution < 1.29 is 0 Å². The topological polar surface area (TPSA) is 34.9 Å². The van der Waals surface area contributed by atoms with Gasteiger partial charge in [0.1, 0.15) is 4.83 Å². The van der Waals surface area contributed by atoms with Crippen molar-refractivity contribution in [2.75, 3.05) is 0 Å². The smallest absolute Gasteiger partial charge is 0.262 e. The van der Waals surface area contributed by atoms with Crippen LogP contribution in [-0.2, 0) is 19.4 Å². The van der Waals surface area contributed by atoms with Crippen LogP contribution in [0.5, 0.6) is 0 Å². The van der Waals surface area contributed by atoms with E-state index in [4.69, 9.17) is 0 Å². The summed E-state index contributed by atoms with van der Waals surface area (Å²) in [7, 11) is 0. The molecule has 3 aromatic heterocycles. The molecule has 0 N–H and O–H groups in total. The van der Waals surface area contributed by atoms with Crippen molar-refractivity contribution in [1.29, 1.82) is 0 Å². The van der Waals surface area contributed by atoms with Gasteiger partial charge < -0.3 is 0 Å². The zero-order chi connectivity index (χ0) is 15.1. The normalized spacial score (nSPS) is 15.0. The van der Waals surface area contributed by atoms with Crippen LogP contribution >= 0.6 is 38.6 Å². The molecule has 0 fully saturated rings. The first kappa shape index (κ1) is 14.6. The van der Waals surface area contributed by atoms with E-state index in [1.165, 1.54) is 29.7 Å². The van der Waals surface area contributed by atoms with Gasteiger partial charge in [0.05, 0.1) is 22.0 Å². The quantitative estimate of drug-likeness (QED) is 0.595. The van der Waals surface area contributed by atoms with Crippen molar-refractivity contribution in [3.8, 4) is 0 Å². The summed E-state index contributed by atoms with van der Waals surface area (Å²) in [5.41, 5.74) is 2.53. The molecule has 0 saturated heterocycles. The molecule has 0 atom stereocenters. The molecule has 0 unspecified atom stereocenters. The largest absolute Gasteiger partial charge is 0.294 e. The second-order valence-electron chi connectivity index (χ2n) is 5.68. The predicted octanol–water partition coefficient (Wildman–Crippen LogP) is 4.60. The second kappa shape index (κ2) is 5.91. The zero-order valence-electron chi connectivity index (χ0n) is 12.0. The fourth-order valence-electron chi connectivity index (χ4n) is 3.10. The molecular formula is C16H15BrN2OS2. The van der Waals surface area contributed by atoms with Gasteiger partial charge in [-0.15, -0.1) is 22.7 Å². The van der Waals surface area contributed by atoms with Crippen LogP contribution in [-0.4, -0.2) is 9.55 Å². The van der Waals surface area contributed by atoms with E-state index < -0.39 is 0 Å². The van der Waals surface area contributed by atoms with Crippen molar-refractivity contribution in [3.63, 3.8) is 0 Å². The first-order chi connectivity index (χ1) is 10.7. The minimum Gasteiger partial charge on any atom is -0.294 e. The van der Waals surface area contributed by atoms with E-state index in [2.05, 4.69) is 32.4 Å². The Morgan fingerprint density at radius 3 is 2.95 bits per heavy atom. The van der Waals surface area contributed by atoms with E-state index in [0.29, 0.717) is 6.54 Å². The summed E-state index contributed by atoms with van der Waals surface area (Å²) in [5.74, 6) is 0. The Morgan fingerprint density at radius 1 is 1.27 bits per heavy atom. The van der Waals surface area contributed by atoms with Crippen molar-refractivity contribution in [3.05, 3.63) is 47.9 Å². The molecule has 0 bridgehead atoms. The Kier molecular flexibility index (Phi) is 3.92. The van der Waals surface area contributed by atoms with Crippen LogP contribution in [0.3, 0.4) is 0 Å². The van der Waals surface area contributed by atoms with Gasteiger partial charge in [-0.25, -0.2) is 4.98 Å². The van der Waals surface area contributed by atoms with E-state index in [1.54, 1.807) is 33.6 Å². The van der Waals surface area contributed by atoms with Gasteiger partial charge in [0.25, 0.3) is 5.56 Å². The van der Waals surface area contributed by atoms with Gasteiger partial charge in [-0.05, 0) is 64.2 Å². The number of aryl methyl sites for hydroxylation is 2. The maximum atomic E-state index is 12.9. The maximum absolute atomic E-state index is 12.9. The number of thiophene rings is 2. The summed E-state index contributed by atoms with van der Waals surface area (Å²) in [6.07, 6.45) is 7.52. The Bertz CT molecular complexity index is 893. The standard InChI is InChI=1S/C16H15BrN2OS2/c17-13-6-10(8-21-13)7-19-9-18-15-14(16(19)20)11-4-2-1-3-5-12(11)22-15/h6,8-9H,1-5,7H2. The molecular weight excluding hydrogens is 380 g/mol. The highest BCUT2D eigenvalue weighted by molar-refractivity contribution is 9.11. The number of fused-ring (bicyclic) bond motifs is 3. The molecule has 0 spiro atoms. The Labute approximate surface area is 144 Å². The lowest BCUT2D eigenvalue weighted by atomic mass is 10.1. The van der Waals surface area contributed by atoms with Gasteiger partial charge in [0.2, 0.25) is 0 Å². The molecule has 114 valence electrons. The van der Waals surface area contributed by atoms with Gasteiger partial charge in [0.15, 0.2) is 0 Å². The molecule has 3 heterocycles. The number of halogens is 1. The number of hydrogen-bond acceptors (Lipinski definition) is 4. The summed E-state index contributed by atoms with van der Waals surface area (Å²) in [6, 6.07) is 2.06. The number of hydrogen-bond donors (Lipinski definition) is 0. The average Bonchev–Trinajstić information content (AvgIpc) is 2.99. The number of nitrogens with zero attached hydrogens (tertiary/aromatic N) is 2. The van der Waals surface area contributed by atoms with Crippen LogP contribution in [0.1, 0.15) is 35.3 Å². The molecule has 1 aliphatic carbocycles. The highest BCUT2D eigenvalue weighted by atomic mass is 79.9. The van der Waals surface area contributed by atoms with E-state index in [9.17, 15) is 4.79 Å². The second-order valence-corrected chi connectivity index (χ2v) is 9.06. The Hall–Kier alpha value is -0.980. The lowest BCUT2D eigenvalue weighted by Gasteiger charge is -2.04. The summed E-state index contributed by atoms with van der Waals surface area (Å²) in [6.45, 7) is 0.592. The summed E-state index contributed by atoms with van der Waals surface area (Å²) in [4.78, 5) is 19.8. The maximum Gasteiger partial charge on any atom is 0.262 e. The van der Waals surface area contributed by atoms with Crippen LogP contribution in [0.25, 0.3) is 10.2 Å². The SMILES string of the molecule is O=c1c2c3c(sc2ncn1Cc1csc(Br)c1)CCCCC3. The minimum atomic E-state index is 0.117. The highest BCUT2D eigenvalue weighted by Gasteiger charge is 2.19. The van der Waals surface area contributed by atoms with Crippen molar-refractivity contribution in [2.24, 2.45) is 0 Å². The van der Waals surface area contributed by atoms with Crippen molar-refractivity contribution in [2.45, 2.75) is 38.6 Å². The first-order valence-corrected chi connectivity index (χ1v) is 9.94. The van der Waals surface area contributed by atoms with E-state index in [0.717, 1.165) is 32.4 Å². The molecule has 3 aromatic rings. The van der Waals surface area contributed by atoms with Gasteiger partial charge >= 0.3 is 0 Å². The lowest BCUT2D eigenvalue weighted by Crippen LogP contribution is -2.21. The average molecular weight is 395 g/mol. The van der Waals surface area contributed by atoms with Crippen LogP contribution in [0, 0.1) is 0 Å². The van der Waals surface area contributed by atoms with Gasteiger partial charge in [-0.1, -0.05) is 6.42 Å². The van der Waals surface area contributed by atoms with Gasteiger partial charge in [-0.2, -0.15) is 0 Å². The van der Waals surface area contributed by atoms with E-state index >= 15 is 0 Å². The third kappa shape index (κ3) is 2.57. The predicted molar refractivity (Wildman–Crippen MR) is 96.3 cm³/mol. The van der Waals surface area contributed by atoms with Crippen LogP contribution in [0.4, 0.5) is 0 Å². The van der Waals surface area contributed by atoms with Gasteiger partial charge in [0, 0.05) is 4.88 Å². The minimum absolute atomic E-state index is 0.117. The third-order valence-corrected chi connectivity index (χ3v) is 6.92. The highest BCUT2D eigenvalue weighted by Crippen LogP contribution is 2.32. The van der Waals surface area contributed by atoms with Gasteiger partial charge in [-0.3, -0.25) is 9.36 Å². The van der Waals surface area contributed by atoms with Crippen molar-refractivity contribution >= 4 is 48.8 Å². The van der Waals surface area contributed by atoms with Crippen LogP contribution < -0.4 is 5.56 Å². The number of aromatic nitrogens is 2. The lowest BCUT2D eigenvalue weighted by molar-refractivity contribution is 0.712. The van der Waals surface area contributed by atoms with Crippen LogP contribution in [0.2, 0.25) is 0 Å². The summed E-state index contributed by atoms with van der Waals surface area (Å²) < 4.78 is 2.84. The van der Waals surface area contributed by atoms with E-state index in [-0.39, 0.29) is 5.56 Å².